The first-order valence-electron chi connectivity index (χ1n) is 3.76. The van der Waals surface area contributed by atoms with E-state index in [0.29, 0.717) is 6.42 Å². The first-order chi connectivity index (χ1) is 5.09. The van der Waals surface area contributed by atoms with E-state index < -0.39 is 18.1 Å². The predicted octanol–water partition coefficient (Wildman–Crippen LogP) is -0.0506. The molecule has 4 N–H and O–H groups in total. The molecule has 0 aliphatic carbocycles. The summed E-state index contributed by atoms with van der Waals surface area (Å²) in [6.45, 7) is 1.99. The van der Waals surface area contributed by atoms with Gasteiger partial charge in [0.1, 0.15) is 0 Å². The molecular formula is C7H15NO3. The quantitative estimate of drug-likeness (QED) is 0.528. The van der Waals surface area contributed by atoms with Gasteiger partial charge >= 0.3 is 5.97 Å². The average Bonchev–Trinajstić information content (AvgIpc) is 1.98. The van der Waals surface area contributed by atoms with Crippen LogP contribution in [0.5, 0.6) is 0 Å². The fourth-order valence-electron chi connectivity index (χ4n) is 0.781. The van der Waals surface area contributed by atoms with Crippen molar-refractivity contribution in [2.24, 2.45) is 5.73 Å². The number of aliphatic carboxylic acids is 1. The minimum Gasteiger partial charge on any atom is -0.479 e. The van der Waals surface area contributed by atoms with E-state index in [-0.39, 0.29) is 0 Å². The molecule has 0 unspecified atom stereocenters. The van der Waals surface area contributed by atoms with Crippen LogP contribution in [0.15, 0.2) is 0 Å². The zero-order valence-electron chi connectivity index (χ0n) is 6.66. The van der Waals surface area contributed by atoms with Crippen LogP contribution in [0.3, 0.4) is 0 Å². The lowest BCUT2D eigenvalue weighted by molar-refractivity contribution is -0.147. The van der Waals surface area contributed by atoms with E-state index in [2.05, 4.69) is 0 Å². The van der Waals surface area contributed by atoms with Crippen LogP contribution in [0.1, 0.15) is 26.2 Å². The first-order valence-corrected chi connectivity index (χ1v) is 3.76. The number of carboxylic acid groups (broad SMARTS) is 1. The molecule has 0 aliphatic heterocycles. The molecule has 66 valence electrons. The SMILES string of the molecule is CCCC[C@@H](N)[C@H](O)C(=O)O. The van der Waals surface area contributed by atoms with Crippen molar-refractivity contribution in [2.45, 2.75) is 38.3 Å². The van der Waals surface area contributed by atoms with E-state index in [1.165, 1.54) is 0 Å². The van der Waals surface area contributed by atoms with Gasteiger partial charge in [-0.05, 0) is 6.42 Å². The number of nitrogens with two attached hydrogens (primary N) is 1. The largest absolute Gasteiger partial charge is 0.479 e. The normalized spacial score (nSPS) is 15.9. The highest BCUT2D eigenvalue weighted by Crippen LogP contribution is 2.02. The Morgan fingerprint density at radius 3 is 2.55 bits per heavy atom. The summed E-state index contributed by atoms with van der Waals surface area (Å²) in [5, 5.41) is 17.2. The molecule has 0 aliphatic rings. The fraction of sp³-hybridized carbons (Fsp3) is 0.857. The maximum absolute atomic E-state index is 10.2. The van der Waals surface area contributed by atoms with Gasteiger partial charge in [-0.3, -0.25) is 0 Å². The van der Waals surface area contributed by atoms with E-state index in [0.717, 1.165) is 12.8 Å². The molecule has 0 radical (unpaired) electrons. The maximum atomic E-state index is 10.2. The molecular weight excluding hydrogens is 146 g/mol. The van der Waals surface area contributed by atoms with E-state index >= 15 is 0 Å². The second-order valence-electron chi connectivity index (χ2n) is 2.59. The van der Waals surface area contributed by atoms with Gasteiger partial charge in [-0.15, -0.1) is 0 Å². The fourth-order valence-corrected chi connectivity index (χ4v) is 0.781. The van der Waals surface area contributed by atoms with Crippen molar-refractivity contribution in [1.29, 1.82) is 0 Å². The summed E-state index contributed by atoms with van der Waals surface area (Å²) in [5.74, 6) is -1.24. The van der Waals surface area contributed by atoms with Gasteiger partial charge in [-0.1, -0.05) is 19.8 Å². The zero-order valence-corrected chi connectivity index (χ0v) is 6.66. The monoisotopic (exact) mass is 161 g/mol. The van der Waals surface area contributed by atoms with E-state index in [9.17, 15) is 4.79 Å². The summed E-state index contributed by atoms with van der Waals surface area (Å²) >= 11 is 0. The molecule has 4 nitrogen and oxygen atoms in total. The van der Waals surface area contributed by atoms with Gasteiger partial charge < -0.3 is 15.9 Å². The van der Waals surface area contributed by atoms with Gasteiger partial charge in [0.2, 0.25) is 0 Å². The molecule has 0 saturated heterocycles. The van der Waals surface area contributed by atoms with Crippen LogP contribution >= 0.6 is 0 Å². The molecule has 0 spiro atoms. The van der Waals surface area contributed by atoms with E-state index in [4.69, 9.17) is 15.9 Å². The van der Waals surface area contributed by atoms with Gasteiger partial charge in [-0.2, -0.15) is 0 Å². The first kappa shape index (κ1) is 10.4. The molecule has 0 aromatic carbocycles. The van der Waals surface area contributed by atoms with Crippen LogP contribution in [0.2, 0.25) is 0 Å². The molecule has 0 fully saturated rings. The van der Waals surface area contributed by atoms with Crippen molar-refractivity contribution in [3.63, 3.8) is 0 Å². The van der Waals surface area contributed by atoms with Gasteiger partial charge in [0.25, 0.3) is 0 Å². The Morgan fingerprint density at radius 2 is 2.18 bits per heavy atom. The van der Waals surface area contributed by atoms with E-state index in [1.54, 1.807) is 0 Å². The van der Waals surface area contributed by atoms with Crippen LogP contribution in [0.4, 0.5) is 0 Å². The highest BCUT2D eigenvalue weighted by molar-refractivity contribution is 5.72. The molecule has 4 heteroatoms. The number of rotatable bonds is 5. The van der Waals surface area contributed by atoms with E-state index in [1.807, 2.05) is 6.92 Å². The van der Waals surface area contributed by atoms with Crippen molar-refractivity contribution < 1.29 is 15.0 Å². The van der Waals surface area contributed by atoms with Crippen LogP contribution in [-0.4, -0.2) is 28.3 Å². The Labute approximate surface area is 66.0 Å². The second kappa shape index (κ2) is 5.09. The van der Waals surface area contributed by atoms with Crippen molar-refractivity contribution in [1.82, 2.24) is 0 Å². The van der Waals surface area contributed by atoms with Gasteiger partial charge in [-0.25, -0.2) is 4.79 Å². The third-order valence-corrected chi connectivity index (χ3v) is 1.55. The number of carbonyl (C=O) groups is 1. The summed E-state index contributed by atoms with van der Waals surface area (Å²) in [5.41, 5.74) is 5.37. The topological polar surface area (TPSA) is 83.5 Å². The maximum Gasteiger partial charge on any atom is 0.334 e. The van der Waals surface area contributed by atoms with Crippen LogP contribution in [0, 0.1) is 0 Å². The number of hydrogen-bond acceptors (Lipinski definition) is 3. The second-order valence-corrected chi connectivity index (χ2v) is 2.59. The number of aliphatic hydroxyl groups excluding tert-OH is 1. The third-order valence-electron chi connectivity index (χ3n) is 1.55. The Balaban J connectivity index is 3.63. The Kier molecular flexibility index (Phi) is 4.81. The Morgan fingerprint density at radius 1 is 1.64 bits per heavy atom. The Hall–Kier alpha value is -0.610. The standard InChI is InChI=1S/C7H15NO3/c1-2-3-4-5(8)6(9)7(10)11/h5-6,9H,2-4,8H2,1H3,(H,10,11)/t5-,6+/m1/s1. The third kappa shape index (κ3) is 3.95. The summed E-state index contributed by atoms with van der Waals surface area (Å²) in [7, 11) is 0. The summed E-state index contributed by atoms with van der Waals surface area (Å²) in [4.78, 5) is 10.2. The zero-order chi connectivity index (χ0) is 8.85. The molecule has 2 atom stereocenters. The lowest BCUT2D eigenvalue weighted by Gasteiger charge is -2.13. The number of hydrogen-bond donors (Lipinski definition) is 3. The minimum atomic E-state index is -1.42. The van der Waals surface area contributed by atoms with Crippen molar-refractivity contribution in [3.8, 4) is 0 Å². The Bertz CT molecular complexity index is 127. The molecule has 0 bridgehead atoms. The highest BCUT2D eigenvalue weighted by atomic mass is 16.4. The number of unbranched alkanes of at least 4 members (excludes halogenated alkanes) is 1. The molecule has 0 rings (SSSR count). The lowest BCUT2D eigenvalue weighted by atomic mass is 10.1. The minimum absolute atomic E-state index is 0.559. The molecule has 0 amide bonds. The number of carboxylic acids is 1. The summed E-state index contributed by atoms with van der Waals surface area (Å²) in [6, 6.07) is -0.632. The van der Waals surface area contributed by atoms with Crippen LogP contribution in [-0.2, 0) is 4.79 Å². The molecule has 0 aromatic heterocycles. The van der Waals surface area contributed by atoms with Crippen LogP contribution < -0.4 is 5.73 Å². The van der Waals surface area contributed by atoms with Gasteiger partial charge in [0.05, 0.1) is 0 Å². The predicted molar refractivity (Wildman–Crippen MR) is 41.1 cm³/mol. The molecule has 11 heavy (non-hydrogen) atoms. The van der Waals surface area contributed by atoms with Crippen molar-refractivity contribution in [2.75, 3.05) is 0 Å². The van der Waals surface area contributed by atoms with Crippen molar-refractivity contribution in [3.05, 3.63) is 0 Å². The lowest BCUT2D eigenvalue weighted by Crippen LogP contribution is -2.40. The van der Waals surface area contributed by atoms with Crippen molar-refractivity contribution >= 4 is 5.97 Å². The van der Waals surface area contributed by atoms with Crippen LogP contribution in [0.25, 0.3) is 0 Å². The average molecular weight is 161 g/mol. The van der Waals surface area contributed by atoms with Gasteiger partial charge in [0, 0.05) is 6.04 Å². The molecule has 0 saturated carbocycles. The number of aliphatic hydroxyl groups is 1. The highest BCUT2D eigenvalue weighted by Gasteiger charge is 2.20. The molecule has 0 aromatic rings. The summed E-state index contributed by atoms with van der Waals surface area (Å²) < 4.78 is 0. The molecule has 0 heterocycles. The van der Waals surface area contributed by atoms with Gasteiger partial charge in [0.15, 0.2) is 6.10 Å². The smallest absolute Gasteiger partial charge is 0.334 e. The summed E-state index contributed by atoms with van der Waals surface area (Å²) in [6.07, 6.45) is 0.955.